The van der Waals surface area contributed by atoms with Crippen LogP contribution in [0, 0.1) is 5.92 Å². The first-order valence-electron chi connectivity index (χ1n) is 6.62. The van der Waals surface area contributed by atoms with Gasteiger partial charge in [-0.3, -0.25) is 4.79 Å². The number of carbonyl (C=O) groups is 1. The van der Waals surface area contributed by atoms with Gasteiger partial charge in [0.15, 0.2) is 6.61 Å². The molecule has 1 atom stereocenters. The maximum atomic E-state index is 12.4. The first-order chi connectivity index (χ1) is 9.83. The summed E-state index contributed by atoms with van der Waals surface area (Å²) in [6, 6.07) is 3.99. The standard InChI is InChI=1S/C13H19N3O4S/c1-8(2)11(6-14)16-21(18,19)9-3-4-12-10(5-9)15-13(17)7-20-12/h3-5,8,11,16H,6-7,14H2,1-2H3,(H,15,17). The third-order valence-corrected chi connectivity index (χ3v) is 4.75. The number of sulfonamides is 1. The lowest BCUT2D eigenvalue weighted by Crippen LogP contribution is -2.43. The minimum atomic E-state index is -3.70. The van der Waals surface area contributed by atoms with Crippen molar-refractivity contribution >= 4 is 21.6 Å². The van der Waals surface area contributed by atoms with Crippen molar-refractivity contribution in [1.29, 1.82) is 0 Å². The van der Waals surface area contributed by atoms with Crippen LogP contribution in [0.1, 0.15) is 13.8 Å². The first-order valence-corrected chi connectivity index (χ1v) is 8.11. The number of rotatable bonds is 5. The van der Waals surface area contributed by atoms with Crippen LogP contribution in [0.15, 0.2) is 23.1 Å². The summed E-state index contributed by atoms with van der Waals surface area (Å²) in [6.07, 6.45) is 0. The van der Waals surface area contributed by atoms with Crippen molar-refractivity contribution in [2.24, 2.45) is 11.7 Å². The number of hydrogen-bond donors (Lipinski definition) is 3. The van der Waals surface area contributed by atoms with E-state index in [0.717, 1.165) is 0 Å². The van der Waals surface area contributed by atoms with E-state index in [1.54, 1.807) is 0 Å². The smallest absolute Gasteiger partial charge is 0.262 e. The molecule has 1 aromatic rings. The number of hydrogen-bond acceptors (Lipinski definition) is 5. The van der Waals surface area contributed by atoms with Crippen molar-refractivity contribution < 1.29 is 17.9 Å². The quantitative estimate of drug-likeness (QED) is 0.723. The minimum Gasteiger partial charge on any atom is -0.482 e. The molecule has 21 heavy (non-hydrogen) atoms. The number of fused-ring (bicyclic) bond motifs is 1. The molecule has 2 rings (SSSR count). The molecule has 1 amide bonds. The van der Waals surface area contributed by atoms with Crippen molar-refractivity contribution in [3.8, 4) is 5.75 Å². The molecule has 0 bridgehead atoms. The van der Waals surface area contributed by atoms with E-state index in [4.69, 9.17) is 10.5 Å². The van der Waals surface area contributed by atoms with Gasteiger partial charge in [-0.15, -0.1) is 0 Å². The van der Waals surface area contributed by atoms with Gasteiger partial charge in [-0.05, 0) is 24.1 Å². The van der Waals surface area contributed by atoms with E-state index >= 15 is 0 Å². The Morgan fingerprint density at radius 2 is 2.14 bits per heavy atom. The van der Waals surface area contributed by atoms with Crippen molar-refractivity contribution in [3.63, 3.8) is 0 Å². The molecular weight excluding hydrogens is 294 g/mol. The van der Waals surface area contributed by atoms with Gasteiger partial charge in [-0.1, -0.05) is 13.8 Å². The number of carbonyl (C=O) groups excluding carboxylic acids is 1. The number of ether oxygens (including phenoxy) is 1. The van der Waals surface area contributed by atoms with Crippen LogP contribution in [0.3, 0.4) is 0 Å². The predicted molar refractivity (Wildman–Crippen MR) is 78.6 cm³/mol. The van der Waals surface area contributed by atoms with Crippen LogP contribution in [0.5, 0.6) is 5.75 Å². The molecule has 8 heteroatoms. The second-order valence-electron chi connectivity index (χ2n) is 5.20. The highest BCUT2D eigenvalue weighted by Gasteiger charge is 2.24. The number of amides is 1. The lowest BCUT2D eigenvalue weighted by atomic mass is 10.1. The molecule has 7 nitrogen and oxygen atoms in total. The fraction of sp³-hybridized carbons (Fsp3) is 0.462. The second kappa shape index (κ2) is 6.00. The summed E-state index contributed by atoms with van der Waals surface area (Å²) < 4.78 is 32.5. The fourth-order valence-corrected chi connectivity index (χ4v) is 3.38. The van der Waals surface area contributed by atoms with E-state index in [9.17, 15) is 13.2 Å². The molecule has 1 aliphatic heterocycles. The van der Waals surface area contributed by atoms with Crippen LogP contribution in [0.2, 0.25) is 0 Å². The van der Waals surface area contributed by atoms with Gasteiger partial charge in [0, 0.05) is 12.6 Å². The zero-order chi connectivity index (χ0) is 15.6. The van der Waals surface area contributed by atoms with Gasteiger partial charge < -0.3 is 15.8 Å². The molecule has 116 valence electrons. The molecule has 0 saturated heterocycles. The van der Waals surface area contributed by atoms with Crippen LogP contribution >= 0.6 is 0 Å². The summed E-state index contributed by atoms with van der Waals surface area (Å²) in [7, 11) is -3.70. The molecule has 0 fully saturated rings. The molecular formula is C13H19N3O4S. The van der Waals surface area contributed by atoms with Crippen LogP contribution in [-0.4, -0.2) is 33.5 Å². The van der Waals surface area contributed by atoms with E-state index in [1.165, 1.54) is 18.2 Å². The van der Waals surface area contributed by atoms with Crippen molar-refractivity contribution in [2.75, 3.05) is 18.5 Å². The summed E-state index contributed by atoms with van der Waals surface area (Å²) in [5.41, 5.74) is 5.93. The summed E-state index contributed by atoms with van der Waals surface area (Å²) in [5, 5.41) is 2.58. The topological polar surface area (TPSA) is 111 Å². The number of nitrogens with two attached hydrogens (primary N) is 1. The van der Waals surface area contributed by atoms with E-state index in [1.807, 2.05) is 13.8 Å². The van der Waals surface area contributed by atoms with Crippen molar-refractivity contribution in [3.05, 3.63) is 18.2 Å². The number of benzene rings is 1. The largest absolute Gasteiger partial charge is 0.482 e. The monoisotopic (exact) mass is 313 g/mol. The fourth-order valence-electron chi connectivity index (χ4n) is 1.95. The first kappa shape index (κ1) is 15.7. The van der Waals surface area contributed by atoms with Gasteiger partial charge in [0.25, 0.3) is 5.91 Å². The zero-order valence-electron chi connectivity index (χ0n) is 11.9. The number of anilines is 1. The normalized spacial score (nSPS) is 16.1. The van der Waals surface area contributed by atoms with Gasteiger partial charge in [0.05, 0.1) is 10.6 Å². The molecule has 0 saturated carbocycles. The molecule has 0 spiro atoms. The average Bonchev–Trinajstić information content (AvgIpc) is 2.43. The molecule has 0 aromatic heterocycles. The Balaban J connectivity index is 2.28. The van der Waals surface area contributed by atoms with Crippen LogP contribution < -0.4 is 20.5 Å². The van der Waals surface area contributed by atoms with Crippen LogP contribution in [-0.2, 0) is 14.8 Å². The Labute approximate surface area is 123 Å². The Kier molecular flexibility index (Phi) is 4.50. The number of nitrogens with one attached hydrogen (secondary N) is 2. The van der Waals surface area contributed by atoms with Gasteiger partial charge >= 0.3 is 0 Å². The van der Waals surface area contributed by atoms with E-state index in [-0.39, 0.29) is 35.9 Å². The van der Waals surface area contributed by atoms with Gasteiger partial charge in [-0.2, -0.15) is 0 Å². The van der Waals surface area contributed by atoms with E-state index in [2.05, 4.69) is 10.0 Å². The van der Waals surface area contributed by atoms with Gasteiger partial charge in [0.1, 0.15) is 5.75 Å². The predicted octanol–water partition coefficient (Wildman–Crippen LogP) is 0.279. The summed E-state index contributed by atoms with van der Waals surface area (Å²) in [6.45, 7) is 3.92. The lowest BCUT2D eigenvalue weighted by Gasteiger charge is -2.22. The van der Waals surface area contributed by atoms with Crippen molar-refractivity contribution in [2.45, 2.75) is 24.8 Å². The molecule has 1 aromatic carbocycles. The Morgan fingerprint density at radius 1 is 1.43 bits per heavy atom. The summed E-state index contributed by atoms with van der Waals surface area (Å²) in [4.78, 5) is 11.3. The SMILES string of the molecule is CC(C)C(CN)NS(=O)(=O)c1ccc2c(c1)NC(=O)CO2. The second-order valence-corrected chi connectivity index (χ2v) is 6.92. The zero-order valence-corrected chi connectivity index (χ0v) is 12.7. The van der Waals surface area contributed by atoms with E-state index < -0.39 is 10.0 Å². The van der Waals surface area contributed by atoms with Crippen molar-refractivity contribution in [1.82, 2.24) is 4.72 Å². The highest BCUT2D eigenvalue weighted by molar-refractivity contribution is 7.89. The molecule has 1 aliphatic rings. The maximum absolute atomic E-state index is 12.4. The summed E-state index contributed by atoms with van der Waals surface area (Å²) in [5.74, 6) is 0.213. The van der Waals surface area contributed by atoms with Crippen LogP contribution in [0.25, 0.3) is 0 Å². The van der Waals surface area contributed by atoms with Gasteiger partial charge in [-0.25, -0.2) is 13.1 Å². The molecule has 1 unspecified atom stereocenters. The Morgan fingerprint density at radius 3 is 2.76 bits per heavy atom. The average molecular weight is 313 g/mol. The Bertz CT molecular complexity index is 643. The minimum absolute atomic E-state index is 0.0613. The van der Waals surface area contributed by atoms with E-state index in [0.29, 0.717) is 11.4 Å². The molecule has 1 heterocycles. The third-order valence-electron chi connectivity index (χ3n) is 3.26. The lowest BCUT2D eigenvalue weighted by molar-refractivity contribution is -0.118. The third kappa shape index (κ3) is 3.52. The molecule has 0 radical (unpaired) electrons. The highest BCUT2D eigenvalue weighted by atomic mass is 32.2. The highest BCUT2D eigenvalue weighted by Crippen LogP contribution is 2.30. The maximum Gasteiger partial charge on any atom is 0.262 e. The molecule has 4 N–H and O–H groups in total. The molecule has 0 aliphatic carbocycles. The Hall–Kier alpha value is -1.64. The van der Waals surface area contributed by atoms with Crippen LogP contribution in [0.4, 0.5) is 5.69 Å². The van der Waals surface area contributed by atoms with Gasteiger partial charge in [0.2, 0.25) is 10.0 Å². The summed E-state index contributed by atoms with van der Waals surface area (Å²) >= 11 is 0.